The molecule has 0 aliphatic carbocycles. The summed E-state index contributed by atoms with van der Waals surface area (Å²) in [4.78, 5) is 12.9. The number of aliphatic hydroxyl groups excluding tert-OH is 1. The highest BCUT2D eigenvalue weighted by Crippen LogP contribution is 2.18. The van der Waals surface area contributed by atoms with Crippen LogP contribution in [0.2, 0.25) is 0 Å². The molecule has 0 saturated heterocycles. The lowest BCUT2D eigenvalue weighted by Gasteiger charge is -2.14. The lowest BCUT2D eigenvalue weighted by Crippen LogP contribution is -2.34. The molecule has 1 aromatic rings. The predicted molar refractivity (Wildman–Crippen MR) is 80.7 cm³/mol. The Morgan fingerprint density at radius 2 is 2.10 bits per heavy atom. The van der Waals surface area contributed by atoms with Crippen LogP contribution in [0.15, 0.2) is 24.3 Å². The minimum absolute atomic E-state index is 0.0598. The molecule has 1 rings (SSSR count). The summed E-state index contributed by atoms with van der Waals surface area (Å²) in [5.74, 6) is 1.42. The zero-order chi connectivity index (χ0) is 15.7. The Morgan fingerprint density at radius 3 is 2.76 bits per heavy atom. The van der Waals surface area contributed by atoms with E-state index in [-0.39, 0.29) is 12.5 Å². The van der Waals surface area contributed by atoms with Crippen molar-refractivity contribution < 1.29 is 19.4 Å². The maximum atomic E-state index is 11.3. The lowest BCUT2D eigenvalue weighted by atomic mass is 10.3. The summed E-state index contributed by atoms with van der Waals surface area (Å²) >= 11 is 0. The molecule has 0 radical (unpaired) electrons. The van der Waals surface area contributed by atoms with Crippen LogP contribution in [0.5, 0.6) is 11.5 Å². The Bertz CT molecular complexity index is 437. The van der Waals surface area contributed by atoms with E-state index in [9.17, 15) is 9.90 Å². The van der Waals surface area contributed by atoms with Crippen molar-refractivity contribution in [3.05, 3.63) is 24.3 Å². The van der Waals surface area contributed by atoms with Crippen LogP contribution in [0.25, 0.3) is 0 Å². The first-order valence-corrected chi connectivity index (χ1v) is 6.88. The molecule has 1 unspecified atom stereocenters. The summed E-state index contributed by atoms with van der Waals surface area (Å²) in [5.41, 5.74) is 0. The normalized spacial score (nSPS) is 11.8. The fourth-order valence-corrected chi connectivity index (χ4v) is 1.63. The van der Waals surface area contributed by atoms with E-state index in [2.05, 4.69) is 5.32 Å². The Balaban J connectivity index is 2.19. The number of ether oxygens (including phenoxy) is 2. The van der Waals surface area contributed by atoms with Crippen LogP contribution in [-0.4, -0.2) is 62.9 Å². The molecule has 0 heterocycles. The zero-order valence-electron chi connectivity index (χ0n) is 12.8. The number of carbonyl (C=O) groups is 1. The Labute approximate surface area is 125 Å². The van der Waals surface area contributed by atoms with Crippen molar-refractivity contribution in [1.29, 1.82) is 0 Å². The average molecular weight is 296 g/mol. The van der Waals surface area contributed by atoms with Crippen LogP contribution in [-0.2, 0) is 4.79 Å². The van der Waals surface area contributed by atoms with E-state index in [0.29, 0.717) is 31.0 Å². The smallest absolute Gasteiger partial charge is 0.223 e. The quantitative estimate of drug-likeness (QED) is 0.650. The van der Waals surface area contributed by atoms with Crippen LogP contribution in [0.4, 0.5) is 0 Å². The molecule has 2 N–H and O–H groups in total. The highest BCUT2D eigenvalue weighted by atomic mass is 16.5. The van der Waals surface area contributed by atoms with Crippen molar-refractivity contribution in [3.8, 4) is 11.5 Å². The molecule has 0 aliphatic heterocycles. The molecule has 21 heavy (non-hydrogen) atoms. The first-order valence-electron chi connectivity index (χ1n) is 6.88. The molecule has 1 atom stereocenters. The first-order chi connectivity index (χ1) is 10.0. The number of nitrogens with one attached hydrogen (secondary N) is 1. The van der Waals surface area contributed by atoms with Gasteiger partial charge in [-0.25, -0.2) is 0 Å². The van der Waals surface area contributed by atoms with E-state index in [0.717, 1.165) is 0 Å². The second kappa shape index (κ2) is 9.20. The van der Waals surface area contributed by atoms with Gasteiger partial charge >= 0.3 is 0 Å². The molecule has 0 spiro atoms. The third-order valence-electron chi connectivity index (χ3n) is 2.88. The van der Waals surface area contributed by atoms with Gasteiger partial charge in [-0.05, 0) is 12.1 Å². The number of hydrogen-bond donors (Lipinski definition) is 2. The highest BCUT2D eigenvalue weighted by molar-refractivity contribution is 5.75. The van der Waals surface area contributed by atoms with Crippen molar-refractivity contribution in [2.45, 2.75) is 12.5 Å². The fraction of sp³-hybridized carbons (Fsp3) is 0.533. The molecule has 0 fully saturated rings. The number of nitrogens with zero attached hydrogens (tertiary/aromatic N) is 1. The topological polar surface area (TPSA) is 71.0 Å². The van der Waals surface area contributed by atoms with E-state index in [1.165, 1.54) is 0 Å². The molecule has 0 aliphatic rings. The summed E-state index contributed by atoms with van der Waals surface area (Å²) in [6.07, 6.45) is -0.220. The van der Waals surface area contributed by atoms with Gasteiger partial charge in [0.2, 0.25) is 5.91 Å². The Hall–Kier alpha value is -1.79. The average Bonchev–Trinajstić information content (AvgIpc) is 2.49. The molecule has 1 amide bonds. The van der Waals surface area contributed by atoms with Crippen LogP contribution in [0, 0.1) is 0 Å². The summed E-state index contributed by atoms with van der Waals surface area (Å²) in [6.45, 7) is 1.10. The van der Waals surface area contributed by atoms with E-state index in [4.69, 9.17) is 9.47 Å². The maximum Gasteiger partial charge on any atom is 0.223 e. The largest absolute Gasteiger partial charge is 0.497 e. The molecule has 6 heteroatoms. The van der Waals surface area contributed by atoms with Gasteiger partial charge in [-0.2, -0.15) is 0 Å². The summed E-state index contributed by atoms with van der Waals surface area (Å²) in [7, 11) is 5.03. The van der Waals surface area contributed by atoms with E-state index in [1.54, 1.807) is 38.2 Å². The molecule has 118 valence electrons. The van der Waals surface area contributed by atoms with Crippen LogP contribution < -0.4 is 14.8 Å². The van der Waals surface area contributed by atoms with Gasteiger partial charge in [0, 0.05) is 39.7 Å². The van der Waals surface area contributed by atoms with Gasteiger partial charge in [0.1, 0.15) is 24.2 Å². The number of benzene rings is 1. The van der Waals surface area contributed by atoms with Crippen molar-refractivity contribution in [3.63, 3.8) is 0 Å². The van der Waals surface area contributed by atoms with E-state index >= 15 is 0 Å². The first kappa shape index (κ1) is 17.3. The van der Waals surface area contributed by atoms with Gasteiger partial charge in [0.25, 0.3) is 0 Å². The van der Waals surface area contributed by atoms with Gasteiger partial charge in [-0.3, -0.25) is 4.79 Å². The third-order valence-corrected chi connectivity index (χ3v) is 2.88. The molecule has 0 aromatic heterocycles. The Morgan fingerprint density at radius 1 is 1.38 bits per heavy atom. The maximum absolute atomic E-state index is 11.3. The number of rotatable bonds is 9. The van der Waals surface area contributed by atoms with Gasteiger partial charge < -0.3 is 24.8 Å². The van der Waals surface area contributed by atoms with Crippen LogP contribution in [0.1, 0.15) is 6.42 Å². The van der Waals surface area contributed by atoms with E-state index < -0.39 is 6.10 Å². The number of hydrogen-bond acceptors (Lipinski definition) is 5. The number of carbonyl (C=O) groups excluding carboxylic acids is 1. The second-order valence-corrected chi connectivity index (χ2v) is 4.89. The number of aliphatic hydroxyl groups is 1. The van der Waals surface area contributed by atoms with E-state index in [1.807, 2.05) is 12.1 Å². The number of amides is 1. The fourth-order valence-electron chi connectivity index (χ4n) is 1.63. The third kappa shape index (κ3) is 6.97. The zero-order valence-corrected chi connectivity index (χ0v) is 12.8. The molecular formula is C15H24N2O4. The van der Waals surface area contributed by atoms with Crippen molar-refractivity contribution in [1.82, 2.24) is 10.2 Å². The van der Waals surface area contributed by atoms with Gasteiger partial charge in [-0.15, -0.1) is 0 Å². The molecule has 0 saturated carbocycles. The Kier molecular flexibility index (Phi) is 7.56. The van der Waals surface area contributed by atoms with Crippen molar-refractivity contribution >= 4 is 5.91 Å². The second-order valence-electron chi connectivity index (χ2n) is 4.89. The lowest BCUT2D eigenvalue weighted by molar-refractivity contribution is -0.128. The van der Waals surface area contributed by atoms with Crippen LogP contribution >= 0.6 is 0 Å². The molecule has 1 aromatic carbocycles. The monoisotopic (exact) mass is 296 g/mol. The summed E-state index contributed by atoms with van der Waals surface area (Å²) in [6, 6.07) is 7.21. The van der Waals surface area contributed by atoms with Gasteiger partial charge in [-0.1, -0.05) is 6.07 Å². The van der Waals surface area contributed by atoms with Crippen molar-refractivity contribution in [2.75, 3.05) is 40.9 Å². The SMILES string of the molecule is COc1cccc(OCC(O)CNCCC(=O)N(C)C)c1. The highest BCUT2D eigenvalue weighted by Gasteiger charge is 2.07. The van der Waals surface area contributed by atoms with Gasteiger partial charge in [0.15, 0.2) is 0 Å². The van der Waals surface area contributed by atoms with Crippen LogP contribution in [0.3, 0.4) is 0 Å². The van der Waals surface area contributed by atoms with Gasteiger partial charge in [0.05, 0.1) is 7.11 Å². The van der Waals surface area contributed by atoms with Crippen molar-refractivity contribution in [2.24, 2.45) is 0 Å². The predicted octanol–water partition coefficient (Wildman–Crippen LogP) is 0.503. The minimum atomic E-state index is -0.634. The number of methoxy groups -OCH3 is 1. The molecular weight excluding hydrogens is 272 g/mol. The minimum Gasteiger partial charge on any atom is -0.497 e. The summed E-state index contributed by atoms with van der Waals surface area (Å²) < 4.78 is 10.6. The molecule has 6 nitrogen and oxygen atoms in total. The summed E-state index contributed by atoms with van der Waals surface area (Å²) in [5, 5.41) is 12.8. The molecule has 0 bridgehead atoms. The standard InChI is InChI=1S/C15H24N2O4/c1-17(2)15(19)7-8-16-10-12(18)11-21-14-6-4-5-13(9-14)20-3/h4-6,9,12,16,18H,7-8,10-11H2,1-3H3.